The summed E-state index contributed by atoms with van der Waals surface area (Å²) < 4.78 is 41.9. The molecule has 2 aliphatic rings. The van der Waals surface area contributed by atoms with Crippen molar-refractivity contribution in [3.8, 4) is 45.3 Å². The van der Waals surface area contributed by atoms with Crippen LogP contribution >= 0.6 is 12.2 Å². The molecule has 0 saturated carbocycles. The predicted octanol–water partition coefficient (Wildman–Crippen LogP) is 13.7. The smallest absolute Gasteiger partial charge is 0.239 e. The van der Waals surface area contributed by atoms with Gasteiger partial charge in [0.15, 0.2) is 0 Å². The normalized spacial score (nSPS) is 13.3. The number of carbonyl (C=O) groups is 2. The van der Waals surface area contributed by atoms with Crippen molar-refractivity contribution < 1.29 is 27.8 Å². The fourth-order valence-corrected chi connectivity index (χ4v) is 10.4. The minimum atomic E-state index is -0.407. The number of aliphatic imine (C=N–C) groups is 1. The number of ether oxygens (including phenoxy) is 2. The second kappa shape index (κ2) is 34.5. The van der Waals surface area contributed by atoms with Crippen LogP contribution in [0.25, 0.3) is 33.3 Å². The van der Waals surface area contributed by atoms with Crippen LogP contribution in [0.3, 0.4) is 0 Å². The number of isothiocyanates is 1. The molecule has 6 N–H and O–H groups in total. The predicted molar refractivity (Wildman–Crippen MR) is 371 cm³/mol. The first-order valence-corrected chi connectivity index (χ1v) is 29.4. The summed E-state index contributed by atoms with van der Waals surface area (Å²) in [6.07, 6.45) is 14.2. The largest absolute Gasteiger partial charge is 0.457 e. The van der Waals surface area contributed by atoms with E-state index in [9.17, 15) is 18.4 Å². The van der Waals surface area contributed by atoms with Gasteiger partial charge in [-0.3, -0.25) is 29.4 Å². The molecule has 484 valence electrons. The van der Waals surface area contributed by atoms with Crippen LogP contribution in [0.2, 0.25) is 0 Å². The number of imidazole rings is 1. The highest BCUT2D eigenvalue weighted by Crippen LogP contribution is 2.33. The molecule has 9 aromatic rings. The Morgan fingerprint density at radius 2 is 1.09 bits per heavy atom. The Morgan fingerprint density at radius 3 is 1.58 bits per heavy atom. The third-order valence-electron chi connectivity index (χ3n) is 15.3. The molecule has 0 atom stereocenters. The number of thiocarbonyl (C=S) groups is 1. The molecule has 5 aromatic heterocycles. The molecular formula is C69H84F2N16O4S. The highest BCUT2D eigenvalue weighted by Gasteiger charge is 2.24. The third kappa shape index (κ3) is 19.9. The summed E-state index contributed by atoms with van der Waals surface area (Å²) in [7, 11) is 12.1. The van der Waals surface area contributed by atoms with Gasteiger partial charge in [0, 0.05) is 114 Å². The average molecular weight is 1270 g/mol. The van der Waals surface area contributed by atoms with Crippen molar-refractivity contribution in [1.29, 1.82) is 0 Å². The number of anilines is 6. The lowest BCUT2D eigenvalue weighted by Crippen LogP contribution is -2.44. The van der Waals surface area contributed by atoms with Crippen LogP contribution in [-0.4, -0.2) is 153 Å². The summed E-state index contributed by atoms with van der Waals surface area (Å²) in [6, 6.07) is 36.1. The highest BCUT2D eigenvalue weighted by atomic mass is 32.1. The Kier molecular flexibility index (Phi) is 26.8. The molecule has 0 spiro atoms. The number of rotatable bonds is 18. The SMILES string of the molecule is C.C.C.CN(C)C1CCN(CC(=O)Nc2cc(Oc3ccc4c(c3)nc(Nc3cc(-c5ccncc5)ccc3F)n4C)ccn2)CC1.CNc1ccc(Oc2ccnc(NC(=O)CN3CCC(N(C)C)CC3)c2)cc1N.Fc1ccc(-c2ccncc2)cc1N=C=S. The van der Waals surface area contributed by atoms with E-state index in [0.29, 0.717) is 82.6 Å². The first-order valence-electron chi connectivity index (χ1n) is 29.0. The van der Waals surface area contributed by atoms with Gasteiger partial charge in [0.2, 0.25) is 17.8 Å². The summed E-state index contributed by atoms with van der Waals surface area (Å²) in [6.45, 7) is 4.35. The van der Waals surface area contributed by atoms with Gasteiger partial charge in [-0.15, -0.1) is 0 Å². The summed E-state index contributed by atoms with van der Waals surface area (Å²) in [5.41, 5.74) is 13.1. The zero-order valence-electron chi connectivity index (χ0n) is 50.5. The van der Waals surface area contributed by atoms with Gasteiger partial charge < -0.3 is 50.8 Å². The molecule has 0 unspecified atom stereocenters. The summed E-state index contributed by atoms with van der Waals surface area (Å²) in [5.74, 6) is 2.73. The second-order valence-corrected chi connectivity index (χ2v) is 22.0. The molecular weight excluding hydrogens is 1190 g/mol. The van der Waals surface area contributed by atoms with Crippen molar-refractivity contribution in [2.24, 2.45) is 12.0 Å². The first kappa shape index (κ1) is 71.5. The number of halogens is 2. The number of pyridine rings is 4. The Bertz CT molecular complexity index is 3900. The Morgan fingerprint density at radius 1 is 0.609 bits per heavy atom. The van der Waals surface area contributed by atoms with E-state index >= 15 is 0 Å². The van der Waals surface area contributed by atoms with Crippen LogP contribution in [0.5, 0.6) is 23.0 Å². The third-order valence-corrected chi connectivity index (χ3v) is 15.4. The number of nitrogen functional groups attached to an aromatic ring is 1. The van der Waals surface area contributed by atoms with Gasteiger partial charge in [0.25, 0.3) is 0 Å². The zero-order chi connectivity index (χ0) is 62.8. The van der Waals surface area contributed by atoms with E-state index in [1.165, 1.54) is 12.1 Å². The van der Waals surface area contributed by atoms with Crippen LogP contribution in [0, 0.1) is 11.6 Å². The number of hydrogen-bond acceptors (Lipinski definition) is 18. The molecule has 23 heteroatoms. The van der Waals surface area contributed by atoms with E-state index in [2.05, 4.69) is 111 Å². The molecule has 0 radical (unpaired) electrons. The van der Waals surface area contributed by atoms with Crippen LogP contribution < -0.4 is 36.5 Å². The van der Waals surface area contributed by atoms with Crippen molar-refractivity contribution in [2.75, 3.05) is 102 Å². The lowest BCUT2D eigenvalue weighted by atomic mass is 10.0. The van der Waals surface area contributed by atoms with E-state index in [1.54, 1.807) is 91.8 Å². The molecule has 0 aliphatic carbocycles. The number of aromatic nitrogens is 6. The Balaban J connectivity index is 0.000000241. The van der Waals surface area contributed by atoms with E-state index in [1.807, 2.05) is 73.3 Å². The van der Waals surface area contributed by atoms with E-state index < -0.39 is 5.82 Å². The molecule has 92 heavy (non-hydrogen) atoms. The van der Waals surface area contributed by atoms with Crippen molar-refractivity contribution in [3.05, 3.63) is 170 Å². The van der Waals surface area contributed by atoms with Gasteiger partial charge >= 0.3 is 0 Å². The van der Waals surface area contributed by atoms with Crippen molar-refractivity contribution in [2.45, 2.75) is 60.0 Å². The molecule has 0 bridgehead atoms. The molecule has 2 fully saturated rings. The highest BCUT2D eigenvalue weighted by molar-refractivity contribution is 7.78. The number of likely N-dealkylation sites (tertiary alicyclic amines) is 2. The zero-order valence-corrected chi connectivity index (χ0v) is 51.3. The topological polar surface area (TPSA) is 221 Å². The number of nitrogens with zero attached hydrogens (tertiary/aromatic N) is 11. The molecule has 7 heterocycles. The number of benzene rings is 4. The van der Waals surface area contributed by atoms with Gasteiger partial charge in [-0.1, -0.05) is 34.4 Å². The maximum absolute atomic E-state index is 14.8. The van der Waals surface area contributed by atoms with Crippen molar-refractivity contribution in [3.63, 3.8) is 0 Å². The minimum Gasteiger partial charge on any atom is -0.457 e. The van der Waals surface area contributed by atoms with Gasteiger partial charge in [-0.05, 0) is 173 Å². The van der Waals surface area contributed by atoms with Gasteiger partial charge in [0.1, 0.15) is 52.0 Å². The lowest BCUT2D eigenvalue weighted by molar-refractivity contribution is -0.118. The fraction of sp³-hybridized carbons (Fsp3) is 0.304. The maximum atomic E-state index is 14.8. The van der Waals surface area contributed by atoms with E-state index in [4.69, 9.17) is 20.2 Å². The minimum absolute atomic E-state index is 0. The standard InChI is InChI=1S/C33H35FN8O2.C21H30N6O2.C12H7FN2S.3CH4/c1-40(2)24-11-16-42(17-12-24)21-32(43)39-31-20-26(10-15-36-31)44-25-5-7-30-29(19-25)38-33(41(30)3)37-28-18-23(4-6-27(28)34)22-8-13-35-14-9-22;1-23-19-5-4-16(12-18(19)22)29-17-6-9-24-20(13-17)25-21(28)14-27-10-7-15(8-11-27)26(2)3;13-11-2-1-10(7-12(11)15-8-16)9-3-5-14-6-4-9;;;/h4-10,13-15,18-20,24H,11-12,16-17,21H2,1-3H3,(H,37,38)(H,36,39,43);4-6,9,12-13,15,23H,7-8,10-11,14,22H2,1-3H3,(H,24,25,28);1-7H;3*1H4. The Hall–Kier alpha value is -9.61. The fourth-order valence-electron chi connectivity index (χ4n) is 10.3. The van der Waals surface area contributed by atoms with Crippen molar-refractivity contribution in [1.82, 2.24) is 49.1 Å². The Labute approximate surface area is 544 Å². The number of piperidine rings is 2. The summed E-state index contributed by atoms with van der Waals surface area (Å²) in [5, 5.41) is 14.1. The molecule has 2 amide bonds. The van der Waals surface area contributed by atoms with Crippen LogP contribution in [0.1, 0.15) is 48.0 Å². The van der Waals surface area contributed by atoms with Gasteiger partial charge in [-0.2, -0.15) is 4.99 Å². The van der Waals surface area contributed by atoms with Crippen LogP contribution in [0.4, 0.5) is 49.1 Å². The second-order valence-electron chi connectivity index (χ2n) is 21.8. The van der Waals surface area contributed by atoms with Crippen molar-refractivity contribution >= 4 is 80.6 Å². The van der Waals surface area contributed by atoms with Crippen LogP contribution in [-0.2, 0) is 16.6 Å². The summed E-state index contributed by atoms with van der Waals surface area (Å²) >= 11 is 4.46. The monoisotopic (exact) mass is 1270 g/mol. The lowest BCUT2D eigenvalue weighted by Gasteiger charge is -2.34. The van der Waals surface area contributed by atoms with Gasteiger partial charge in [0.05, 0.1) is 46.3 Å². The number of amides is 2. The quantitative estimate of drug-likeness (QED) is 0.0306. The average Bonchev–Trinajstić information content (AvgIpc) is 1.69. The molecule has 20 nitrogen and oxygen atoms in total. The number of nitrogens with one attached hydrogen (secondary N) is 4. The van der Waals surface area contributed by atoms with E-state index in [0.717, 1.165) is 85.3 Å². The number of hydrogen-bond donors (Lipinski definition) is 5. The molecule has 2 saturated heterocycles. The van der Waals surface area contributed by atoms with Gasteiger partial charge in [-0.25, -0.2) is 23.7 Å². The molecule has 11 rings (SSSR count). The van der Waals surface area contributed by atoms with Crippen LogP contribution in [0.15, 0.2) is 164 Å². The first-order chi connectivity index (χ1) is 43.1. The number of aryl methyl sites for hydroxylation is 1. The maximum Gasteiger partial charge on any atom is 0.239 e. The molecule has 4 aromatic carbocycles. The number of fused-ring (bicyclic) bond motifs is 1. The van der Waals surface area contributed by atoms with E-state index in [-0.39, 0.29) is 45.6 Å². The molecule has 2 aliphatic heterocycles. The number of nitrogens with two attached hydrogens (primary N) is 1. The number of carbonyl (C=O) groups excluding carboxylic acids is 2. The summed E-state index contributed by atoms with van der Waals surface area (Å²) in [4.78, 5) is 58.8.